The molecule has 0 N–H and O–H groups in total. The molecule has 0 bridgehead atoms. The number of ether oxygens (including phenoxy) is 1. The molecule has 3 rings (SSSR count). The van der Waals surface area contributed by atoms with Gasteiger partial charge in [0.05, 0.1) is 24.2 Å². The highest BCUT2D eigenvalue weighted by atomic mass is 32.2. The number of anilines is 2. The molecule has 0 radical (unpaired) electrons. The van der Waals surface area contributed by atoms with Crippen molar-refractivity contribution in [1.29, 1.82) is 0 Å². The molecule has 2 aliphatic heterocycles. The second kappa shape index (κ2) is 8.62. The Morgan fingerprint density at radius 2 is 1.96 bits per heavy atom. The van der Waals surface area contributed by atoms with Gasteiger partial charge in [0.25, 0.3) is 10.1 Å². The highest BCUT2D eigenvalue weighted by Gasteiger charge is 2.34. The smallest absolute Gasteiger partial charge is 0.414 e. The molecule has 0 saturated carbocycles. The minimum atomic E-state index is -3.62. The van der Waals surface area contributed by atoms with Crippen molar-refractivity contribution in [1.82, 2.24) is 4.90 Å². The quantitative estimate of drug-likeness (QED) is 0.627. The zero-order valence-electron chi connectivity index (χ0n) is 16.1. The summed E-state index contributed by atoms with van der Waals surface area (Å²) in [5, 5.41) is 0. The van der Waals surface area contributed by atoms with Crippen molar-refractivity contribution in [3.63, 3.8) is 0 Å². The van der Waals surface area contributed by atoms with Crippen molar-refractivity contribution < 1.29 is 26.5 Å². The Balaban J connectivity index is 1.63. The van der Waals surface area contributed by atoms with Gasteiger partial charge < -0.3 is 9.64 Å². The molecule has 1 aromatic rings. The number of carbonyl (C=O) groups excluding carboxylic acids is 1. The highest BCUT2D eigenvalue weighted by molar-refractivity contribution is 7.85. The van der Waals surface area contributed by atoms with Gasteiger partial charge in [0.1, 0.15) is 18.5 Å². The van der Waals surface area contributed by atoms with E-state index in [9.17, 15) is 17.6 Å². The topological polar surface area (TPSA) is 79.4 Å². The zero-order valence-corrected chi connectivity index (χ0v) is 17.0. The number of piperazine rings is 1. The Morgan fingerprint density at radius 3 is 2.57 bits per heavy atom. The maximum absolute atomic E-state index is 14.7. The summed E-state index contributed by atoms with van der Waals surface area (Å²) in [6.45, 7) is 6.35. The van der Waals surface area contributed by atoms with Crippen molar-refractivity contribution in [3.8, 4) is 0 Å². The number of benzene rings is 1. The third kappa shape index (κ3) is 5.12. The molecule has 156 valence electrons. The molecule has 1 aromatic carbocycles. The molecule has 1 amide bonds. The molecule has 8 nitrogen and oxygen atoms in total. The number of rotatable bonds is 7. The van der Waals surface area contributed by atoms with Gasteiger partial charge in [-0.3, -0.25) is 14.0 Å². The predicted molar refractivity (Wildman–Crippen MR) is 104 cm³/mol. The van der Waals surface area contributed by atoms with Crippen LogP contribution in [0.1, 0.15) is 13.3 Å². The summed E-state index contributed by atoms with van der Waals surface area (Å²) in [5.74, 6) is -0.398. The molecule has 1 atom stereocenters. The SMILES string of the molecule is CCCN1CCN(c2ccc(N3C[C@H](COS(C)(=O)=O)OC3=O)cc2F)CC1. The van der Waals surface area contributed by atoms with Crippen LogP contribution in [0.3, 0.4) is 0 Å². The first kappa shape index (κ1) is 20.8. The highest BCUT2D eigenvalue weighted by Crippen LogP contribution is 2.28. The molecule has 0 spiro atoms. The molecule has 2 heterocycles. The molecule has 2 saturated heterocycles. The maximum atomic E-state index is 14.7. The lowest BCUT2D eigenvalue weighted by Crippen LogP contribution is -2.46. The van der Waals surface area contributed by atoms with Gasteiger partial charge in [-0.15, -0.1) is 0 Å². The second-order valence-corrected chi connectivity index (χ2v) is 8.71. The average molecular weight is 415 g/mol. The minimum Gasteiger partial charge on any atom is -0.441 e. The predicted octanol–water partition coefficient (Wildman–Crippen LogP) is 1.66. The lowest BCUT2D eigenvalue weighted by Gasteiger charge is -2.36. The van der Waals surface area contributed by atoms with E-state index in [1.54, 1.807) is 12.1 Å². The summed E-state index contributed by atoms with van der Waals surface area (Å²) in [6, 6.07) is 4.67. The van der Waals surface area contributed by atoms with Crippen LogP contribution in [0.5, 0.6) is 0 Å². The summed E-state index contributed by atoms with van der Waals surface area (Å²) in [6.07, 6.45) is 0.655. The molecule has 28 heavy (non-hydrogen) atoms. The van der Waals surface area contributed by atoms with Gasteiger partial charge in [0.2, 0.25) is 0 Å². The van der Waals surface area contributed by atoms with Gasteiger partial charge >= 0.3 is 6.09 Å². The number of nitrogens with zero attached hydrogens (tertiary/aromatic N) is 3. The molecule has 0 aliphatic carbocycles. The van der Waals surface area contributed by atoms with Crippen LogP contribution in [-0.2, 0) is 19.0 Å². The molecular formula is C18H26FN3O5S. The van der Waals surface area contributed by atoms with E-state index in [0.29, 0.717) is 11.4 Å². The Morgan fingerprint density at radius 1 is 1.25 bits per heavy atom. The van der Waals surface area contributed by atoms with Crippen molar-refractivity contribution in [3.05, 3.63) is 24.0 Å². The fraction of sp³-hybridized carbons (Fsp3) is 0.611. The normalized spacial score (nSPS) is 21.2. The van der Waals surface area contributed by atoms with Crippen molar-refractivity contribution in [2.45, 2.75) is 19.4 Å². The Bertz CT molecular complexity index is 811. The number of carbonyl (C=O) groups is 1. The fourth-order valence-corrected chi connectivity index (χ4v) is 3.87. The molecule has 2 fully saturated rings. The number of cyclic esters (lactones) is 1. The number of hydrogen-bond donors (Lipinski definition) is 0. The van der Waals surface area contributed by atoms with Crippen LogP contribution < -0.4 is 9.80 Å². The van der Waals surface area contributed by atoms with Gasteiger partial charge in [-0.1, -0.05) is 6.92 Å². The van der Waals surface area contributed by atoms with E-state index in [2.05, 4.69) is 16.0 Å². The average Bonchev–Trinajstić information content (AvgIpc) is 3.01. The zero-order chi connectivity index (χ0) is 20.3. The van der Waals surface area contributed by atoms with Crippen LogP contribution >= 0.6 is 0 Å². The summed E-state index contributed by atoms with van der Waals surface area (Å²) in [7, 11) is -3.62. The summed E-state index contributed by atoms with van der Waals surface area (Å²) in [4.78, 5) is 17.7. The minimum absolute atomic E-state index is 0.100. The fourth-order valence-electron chi connectivity index (χ4n) is 3.47. The van der Waals surface area contributed by atoms with E-state index >= 15 is 0 Å². The van der Waals surface area contributed by atoms with Crippen LogP contribution in [0.25, 0.3) is 0 Å². The third-order valence-electron chi connectivity index (χ3n) is 4.84. The van der Waals surface area contributed by atoms with Crippen LogP contribution in [0.4, 0.5) is 20.6 Å². The van der Waals surface area contributed by atoms with E-state index in [1.807, 2.05) is 4.90 Å². The molecule has 0 aromatic heterocycles. The summed E-state index contributed by atoms with van der Waals surface area (Å²) in [5.41, 5.74) is 0.891. The second-order valence-electron chi connectivity index (χ2n) is 7.07. The maximum Gasteiger partial charge on any atom is 0.414 e. The standard InChI is InChI=1S/C18H26FN3O5S/c1-3-6-20-7-9-21(10-8-20)17-5-4-14(11-16(17)19)22-12-15(27-18(22)23)13-26-28(2,24)25/h4-5,11,15H,3,6-10,12-13H2,1-2H3/t15-/m1/s1. The number of amides is 1. The van der Waals surface area contributed by atoms with Gasteiger partial charge in [-0.2, -0.15) is 8.42 Å². The third-order valence-corrected chi connectivity index (χ3v) is 5.40. The van der Waals surface area contributed by atoms with Crippen LogP contribution in [0.15, 0.2) is 18.2 Å². The van der Waals surface area contributed by atoms with E-state index in [-0.39, 0.29) is 13.2 Å². The Hall–Kier alpha value is -1.91. The first-order valence-electron chi connectivity index (χ1n) is 9.36. The molecule has 0 unspecified atom stereocenters. The van der Waals surface area contributed by atoms with Crippen LogP contribution in [0, 0.1) is 5.82 Å². The largest absolute Gasteiger partial charge is 0.441 e. The van der Waals surface area contributed by atoms with Gasteiger partial charge in [0, 0.05) is 26.2 Å². The van der Waals surface area contributed by atoms with Crippen molar-refractivity contribution in [2.75, 3.05) is 61.9 Å². The van der Waals surface area contributed by atoms with E-state index in [1.165, 1.54) is 11.0 Å². The van der Waals surface area contributed by atoms with Gasteiger partial charge in [-0.05, 0) is 31.2 Å². The van der Waals surface area contributed by atoms with Crippen LogP contribution in [-0.4, -0.2) is 77.6 Å². The lowest BCUT2D eigenvalue weighted by molar-refractivity contribution is 0.107. The Kier molecular flexibility index (Phi) is 6.41. The Labute approximate surface area is 164 Å². The van der Waals surface area contributed by atoms with E-state index in [4.69, 9.17) is 4.74 Å². The van der Waals surface area contributed by atoms with E-state index in [0.717, 1.165) is 45.4 Å². The first-order valence-corrected chi connectivity index (χ1v) is 11.2. The van der Waals surface area contributed by atoms with Gasteiger partial charge in [-0.25, -0.2) is 9.18 Å². The van der Waals surface area contributed by atoms with Crippen molar-refractivity contribution in [2.24, 2.45) is 0 Å². The van der Waals surface area contributed by atoms with Crippen LogP contribution in [0.2, 0.25) is 0 Å². The van der Waals surface area contributed by atoms with Crippen molar-refractivity contribution >= 4 is 27.6 Å². The number of hydrogen-bond acceptors (Lipinski definition) is 7. The van der Waals surface area contributed by atoms with E-state index < -0.39 is 28.1 Å². The lowest BCUT2D eigenvalue weighted by atomic mass is 10.2. The number of halogens is 1. The molecular weight excluding hydrogens is 389 g/mol. The monoisotopic (exact) mass is 415 g/mol. The molecule has 10 heteroatoms. The van der Waals surface area contributed by atoms with Gasteiger partial charge in [0.15, 0.2) is 0 Å². The summed E-state index contributed by atoms with van der Waals surface area (Å²) < 4.78 is 46.7. The first-order chi connectivity index (χ1) is 13.3. The molecule has 2 aliphatic rings. The summed E-state index contributed by atoms with van der Waals surface area (Å²) >= 11 is 0.